The average Bonchev–Trinajstić information content (AvgIpc) is 3.43. The zero-order chi connectivity index (χ0) is 20.0. The predicted molar refractivity (Wildman–Crippen MR) is 104 cm³/mol. The maximum atomic E-state index is 13.3. The van der Waals surface area contributed by atoms with E-state index in [0.29, 0.717) is 16.5 Å². The van der Waals surface area contributed by atoms with Crippen molar-refractivity contribution in [3.8, 4) is 0 Å². The van der Waals surface area contributed by atoms with Gasteiger partial charge in [0, 0.05) is 10.9 Å². The Morgan fingerprint density at radius 1 is 1.25 bits per heavy atom. The fourth-order valence-corrected chi connectivity index (χ4v) is 4.18. The van der Waals surface area contributed by atoms with Crippen molar-refractivity contribution in [2.45, 2.75) is 32.1 Å². The predicted octanol–water partition coefficient (Wildman–Crippen LogP) is 4.77. The lowest BCUT2D eigenvalue weighted by atomic mass is 10.0. The van der Waals surface area contributed by atoms with Crippen molar-refractivity contribution in [2.75, 3.05) is 5.32 Å². The number of pyridine rings is 1. The number of aromatic nitrogens is 1. The van der Waals surface area contributed by atoms with E-state index >= 15 is 0 Å². The van der Waals surface area contributed by atoms with Crippen LogP contribution in [0.4, 0.5) is 14.5 Å². The van der Waals surface area contributed by atoms with Crippen LogP contribution < -0.4 is 11.1 Å². The van der Waals surface area contributed by atoms with E-state index in [1.54, 1.807) is 12.1 Å². The number of halogens is 2. The van der Waals surface area contributed by atoms with Gasteiger partial charge >= 0.3 is 0 Å². The van der Waals surface area contributed by atoms with Crippen molar-refractivity contribution in [1.29, 1.82) is 0 Å². The largest absolute Gasteiger partial charge is 0.365 e. The lowest BCUT2D eigenvalue weighted by Gasteiger charge is -2.10. The normalized spacial score (nSPS) is 13.9. The summed E-state index contributed by atoms with van der Waals surface area (Å²) in [4.78, 5) is 29.1. The molecule has 5 nitrogen and oxygen atoms in total. The first-order chi connectivity index (χ1) is 13.3. The number of hydrogen-bond donors (Lipinski definition) is 2. The van der Waals surface area contributed by atoms with Gasteiger partial charge < -0.3 is 11.1 Å². The van der Waals surface area contributed by atoms with Gasteiger partial charge in [-0.05, 0) is 49.4 Å². The number of nitrogens with zero attached hydrogens (tertiary/aromatic N) is 1. The Kier molecular flexibility index (Phi) is 4.58. The Balaban J connectivity index is 1.86. The molecule has 0 aliphatic heterocycles. The average molecular weight is 401 g/mol. The third-order valence-electron chi connectivity index (χ3n) is 4.73. The zero-order valence-corrected chi connectivity index (χ0v) is 15.8. The molecule has 2 heterocycles. The van der Waals surface area contributed by atoms with Gasteiger partial charge in [-0.1, -0.05) is 17.7 Å². The highest BCUT2D eigenvalue weighted by Crippen LogP contribution is 2.48. The van der Waals surface area contributed by atoms with E-state index in [4.69, 9.17) is 5.73 Å². The van der Waals surface area contributed by atoms with E-state index in [1.807, 2.05) is 19.1 Å². The van der Waals surface area contributed by atoms with E-state index in [1.165, 1.54) is 6.07 Å². The van der Waals surface area contributed by atoms with Crippen LogP contribution in [-0.2, 0) is 0 Å². The van der Waals surface area contributed by atoms with Crippen LogP contribution in [0.15, 0.2) is 30.3 Å². The van der Waals surface area contributed by atoms with E-state index in [-0.39, 0.29) is 27.0 Å². The Morgan fingerprint density at radius 2 is 1.93 bits per heavy atom. The molecule has 8 heteroatoms. The van der Waals surface area contributed by atoms with Gasteiger partial charge in [-0.3, -0.25) is 9.59 Å². The SMILES string of the molecule is Cc1ccc(C(=O)Nc2c(C(N)=O)sc3nc(C(F)F)cc(C4CC4)c23)cc1. The Morgan fingerprint density at radius 3 is 2.50 bits per heavy atom. The summed E-state index contributed by atoms with van der Waals surface area (Å²) in [7, 11) is 0. The molecule has 0 radical (unpaired) electrons. The van der Waals surface area contributed by atoms with Gasteiger partial charge in [-0.15, -0.1) is 11.3 Å². The highest BCUT2D eigenvalue weighted by Gasteiger charge is 2.31. The number of hydrogen-bond acceptors (Lipinski definition) is 4. The van der Waals surface area contributed by atoms with Crippen LogP contribution in [0.1, 0.15) is 62.0 Å². The molecule has 1 aliphatic rings. The first kappa shape index (κ1) is 18.5. The van der Waals surface area contributed by atoms with Gasteiger partial charge in [0.15, 0.2) is 0 Å². The number of fused-ring (bicyclic) bond motifs is 1. The van der Waals surface area contributed by atoms with Gasteiger partial charge in [0.25, 0.3) is 18.2 Å². The van der Waals surface area contributed by atoms with Crippen LogP contribution in [0.25, 0.3) is 10.2 Å². The standard InChI is InChI=1S/C20H17F2N3O2S/c1-9-2-4-11(5-3-9)19(27)25-15-14-12(10-6-7-10)8-13(17(21)22)24-20(14)28-16(15)18(23)26/h2-5,8,10,17H,6-7H2,1H3,(H2,23,26)(H,25,27). The first-order valence-electron chi connectivity index (χ1n) is 8.78. The molecule has 0 unspecified atom stereocenters. The number of thiophene rings is 1. The van der Waals surface area contributed by atoms with Gasteiger partial charge in [0.05, 0.1) is 5.69 Å². The van der Waals surface area contributed by atoms with Crippen molar-refractivity contribution >= 4 is 39.1 Å². The number of aryl methyl sites for hydroxylation is 1. The molecule has 28 heavy (non-hydrogen) atoms. The van der Waals surface area contributed by atoms with Crippen LogP contribution in [0.2, 0.25) is 0 Å². The van der Waals surface area contributed by atoms with Crippen molar-refractivity contribution in [3.63, 3.8) is 0 Å². The number of nitrogens with one attached hydrogen (secondary N) is 1. The summed E-state index contributed by atoms with van der Waals surface area (Å²) in [6.45, 7) is 1.91. The van der Waals surface area contributed by atoms with Crippen molar-refractivity contribution < 1.29 is 18.4 Å². The number of carbonyl (C=O) groups is 2. The molecule has 4 rings (SSSR count). The monoisotopic (exact) mass is 401 g/mol. The Labute approximate surface area is 163 Å². The molecule has 3 aromatic rings. The van der Waals surface area contributed by atoms with Crippen LogP contribution >= 0.6 is 11.3 Å². The van der Waals surface area contributed by atoms with E-state index in [0.717, 1.165) is 29.7 Å². The third kappa shape index (κ3) is 3.35. The minimum atomic E-state index is -2.72. The summed E-state index contributed by atoms with van der Waals surface area (Å²) in [5.41, 5.74) is 7.54. The second kappa shape index (κ2) is 6.94. The maximum Gasteiger partial charge on any atom is 0.280 e. The number of amides is 2. The molecule has 3 N–H and O–H groups in total. The van der Waals surface area contributed by atoms with Crippen molar-refractivity contribution in [1.82, 2.24) is 4.98 Å². The summed E-state index contributed by atoms with van der Waals surface area (Å²) in [6, 6.07) is 8.35. The molecular weight excluding hydrogens is 384 g/mol. The molecule has 0 saturated heterocycles. The summed E-state index contributed by atoms with van der Waals surface area (Å²) in [5, 5.41) is 3.30. The Bertz CT molecular complexity index is 1090. The summed E-state index contributed by atoms with van der Waals surface area (Å²) in [6.07, 6.45) is -0.976. The number of carbonyl (C=O) groups excluding carboxylic acids is 2. The number of benzene rings is 1. The van der Waals surface area contributed by atoms with Crippen LogP contribution in [-0.4, -0.2) is 16.8 Å². The third-order valence-corrected chi connectivity index (χ3v) is 5.83. The Hall–Kier alpha value is -2.87. The number of alkyl halides is 2. The second-order valence-corrected chi connectivity index (χ2v) is 7.88. The molecule has 0 atom stereocenters. The fourth-order valence-electron chi connectivity index (χ4n) is 3.16. The van der Waals surface area contributed by atoms with Crippen molar-refractivity contribution in [3.05, 3.63) is 57.6 Å². The quantitative estimate of drug-likeness (QED) is 0.646. The minimum Gasteiger partial charge on any atom is -0.365 e. The van der Waals surface area contributed by atoms with E-state index in [9.17, 15) is 18.4 Å². The minimum absolute atomic E-state index is 0.108. The summed E-state index contributed by atoms with van der Waals surface area (Å²) in [5.74, 6) is -1.02. The lowest BCUT2D eigenvalue weighted by molar-refractivity contribution is 0.100. The van der Waals surface area contributed by atoms with E-state index in [2.05, 4.69) is 10.3 Å². The first-order valence-corrected chi connectivity index (χ1v) is 9.60. The van der Waals surface area contributed by atoms with Gasteiger partial charge in [0.1, 0.15) is 15.4 Å². The number of nitrogens with two attached hydrogens (primary N) is 1. The van der Waals surface area contributed by atoms with Gasteiger partial charge in [0.2, 0.25) is 0 Å². The number of anilines is 1. The molecule has 0 bridgehead atoms. The number of primary amides is 1. The highest BCUT2D eigenvalue weighted by molar-refractivity contribution is 7.21. The molecule has 1 saturated carbocycles. The summed E-state index contributed by atoms with van der Waals surface area (Å²) >= 11 is 0.929. The van der Waals surface area contributed by atoms with Gasteiger partial charge in [-0.2, -0.15) is 0 Å². The van der Waals surface area contributed by atoms with Crippen LogP contribution in [0.3, 0.4) is 0 Å². The second-order valence-electron chi connectivity index (χ2n) is 6.88. The van der Waals surface area contributed by atoms with Crippen LogP contribution in [0.5, 0.6) is 0 Å². The lowest BCUT2D eigenvalue weighted by Crippen LogP contribution is -2.16. The molecule has 0 spiro atoms. The molecular formula is C20H17F2N3O2S. The molecule has 2 amide bonds. The molecule has 1 aromatic carbocycles. The zero-order valence-electron chi connectivity index (χ0n) is 15.0. The topological polar surface area (TPSA) is 85.1 Å². The van der Waals surface area contributed by atoms with E-state index < -0.39 is 18.2 Å². The smallest absolute Gasteiger partial charge is 0.280 e. The van der Waals surface area contributed by atoms with Gasteiger partial charge in [-0.25, -0.2) is 13.8 Å². The molecule has 2 aromatic heterocycles. The highest BCUT2D eigenvalue weighted by atomic mass is 32.1. The maximum absolute atomic E-state index is 13.3. The molecule has 1 aliphatic carbocycles. The van der Waals surface area contributed by atoms with Crippen LogP contribution in [0, 0.1) is 6.92 Å². The number of rotatable bonds is 5. The summed E-state index contributed by atoms with van der Waals surface area (Å²) < 4.78 is 26.5. The molecule has 1 fully saturated rings. The van der Waals surface area contributed by atoms with Crippen molar-refractivity contribution in [2.24, 2.45) is 5.73 Å². The fraction of sp³-hybridized carbons (Fsp3) is 0.250. The molecule has 144 valence electrons.